The fourth-order valence-electron chi connectivity index (χ4n) is 7.48. The van der Waals surface area contributed by atoms with Crippen LogP contribution >= 0.6 is 11.6 Å². The van der Waals surface area contributed by atoms with E-state index in [1.54, 1.807) is 42.5 Å². The van der Waals surface area contributed by atoms with Gasteiger partial charge in [0.2, 0.25) is 5.56 Å². The van der Waals surface area contributed by atoms with Gasteiger partial charge in [-0.3, -0.25) is 14.5 Å². The summed E-state index contributed by atoms with van der Waals surface area (Å²) >= 11 is 6.60. The molecule has 0 radical (unpaired) electrons. The topological polar surface area (TPSA) is 174 Å². The Morgan fingerprint density at radius 2 is 1.77 bits per heavy atom. The van der Waals surface area contributed by atoms with Gasteiger partial charge < -0.3 is 45.4 Å². The summed E-state index contributed by atoms with van der Waals surface area (Å²) in [6.07, 6.45) is 0.516. The standard InChI is InChI=1S/C42H44ClN5O8/c1-54-36-20-33(32(43)19-28(36)21-44-22-35(50)30-10-12-34(49)41-31(30)11-13-38(51)46-41)45-39(52)24-55-29-9-5-8-27(18-29)40(26-6-3-2-4-7-26)47-42(53)56-37-23-48-16-14-25(37)15-17-48/h2-13,18-20,25,35,37,40,44,49-50H,14-17,21-24H2,1H3,(H,45,52)(H,46,51)(H,47,53)/t35-,37+,40?/m1/s1. The van der Waals surface area contributed by atoms with Crippen molar-refractivity contribution in [3.63, 3.8) is 0 Å². The Morgan fingerprint density at radius 1 is 0.982 bits per heavy atom. The summed E-state index contributed by atoms with van der Waals surface area (Å²) in [4.78, 5) is 43.0. The molecule has 2 bridgehead atoms. The van der Waals surface area contributed by atoms with Crippen LogP contribution in [0.25, 0.3) is 10.9 Å². The van der Waals surface area contributed by atoms with Gasteiger partial charge in [0.1, 0.15) is 23.4 Å². The van der Waals surface area contributed by atoms with Crippen molar-refractivity contribution in [3.05, 3.63) is 129 Å². The first-order valence-corrected chi connectivity index (χ1v) is 18.9. The number of fused-ring (bicyclic) bond motifs is 4. The van der Waals surface area contributed by atoms with Crippen LogP contribution in [-0.4, -0.2) is 78.1 Å². The first kappa shape index (κ1) is 38.7. The lowest BCUT2D eigenvalue weighted by Gasteiger charge is -2.43. The lowest BCUT2D eigenvalue weighted by molar-refractivity contribution is -0.118. The number of ether oxygens (including phenoxy) is 3. The second kappa shape index (κ2) is 17.5. The molecule has 3 fully saturated rings. The van der Waals surface area contributed by atoms with Gasteiger partial charge in [0, 0.05) is 42.7 Å². The number of aliphatic hydroxyl groups excluding tert-OH is 1. The second-order valence-corrected chi connectivity index (χ2v) is 14.5. The number of piperidine rings is 3. The van der Waals surface area contributed by atoms with Gasteiger partial charge >= 0.3 is 6.09 Å². The number of rotatable bonds is 14. The highest BCUT2D eigenvalue weighted by atomic mass is 35.5. The number of carbonyl (C=O) groups is 2. The van der Waals surface area contributed by atoms with Crippen LogP contribution in [-0.2, 0) is 16.1 Å². The number of anilines is 1. The number of aromatic hydroxyl groups is 1. The average molecular weight is 782 g/mol. The third-order valence-corrected chi connectivity index (χ3v) is 10.7. The molecule has 1 unspecified atom stereocenters. The third kappa shape index (κ3) is 9.09. The predicted molar refractivity (Wildman–Crippen MR) is 212 cm³/mol. The maximum absolute atomic E-state index is 13.2. The number of amides is 2. The highest BCUT2D eigenvalue weighted by Crippen LogP contribution is 2.33. The molecule has 3 atom stereocenters. The largest absolute Gasteiger partial charge is 0.506 e. The van der Waals surface area contributed by atoms with Crippen molar-refractivity contribution < 1.29 is 34.0 Å². The summed E-state index contributed by atoms with van der Waals surface area (Å²) in [6.45, 7) is 2.97. The molecule has 4 aromatic carbocycles. The van der Waals surface area contributed by atoms with Crippen molar-refractivity contribution in [1.82, 2.24) is 20.5 Å². The average Bonchev–Trinajstić information content (AvgIpc) is 3.21. The van der Waals surface area contributed by atoms with Crippen molar-refractivity contribution in [1.29, 1.82) is 0 Å². The number of alkyl carbamates (subject to hydrolysis) is 1. The minimum atomic E-state index is -0.957. The molecule has 13 nitrogen and oxygen atoms in total. The number of hydrogen-bond donors (Lipinski definition) is 6. The smallest absolute Gasteiger partial charge is 0.408 e. The van der Waals surface area contributed by atoms with Gasteiger partial charge in [0.05, 0.1) is 35.5 Å². The molecule has 14 heteroatoms. The molecule has 292 valence electrons. The Hall–Kier alpha value is -5.60. The molecule has 5 aromatic rings. The summed E-state index contributed by atoms with van der Waals surface area (Å²) in [7, 11) is 1.50. The van der Waals surface area contributed by atoms with Crippen LogP contribution in [0.2, 0.25) is 5.02 Å². The molecule has 0 saturated carbocycles. The summed E-state index contributed by atoms with van der Waals surface area (Å²) in [5.74, 6) is 0.741. The summed E-state index contributed by atoms with van der Waals surface area (Å²) in [5, 5.41) is 30.9. The van der Waals surface area contributed by atoms with Crippen molar-refractivity contribution in [2.75, 3.05) is 45.2 Å². The van der Waals surface area contributed by atoms with Crippen LogP contribution in [0.3, 0.4) is 0 Å². The van der Waals surface area contributed by atoms with E-state index in [-0.39, 0.29) is 47.6 Å². The van der Waals surface area contributed by atoms with Gasteiger partial charge in [-0.1, -0.05) is 60.1 Å². The SMILES string of the molecule is COc1cc(NC(=O)COc2cccc(C(NC(=O)O[C@H]3CN4CCC3CC4)c3ccccc3)c2)c(Cl)cc1CNC[C@@H](O)c1ccc(O)c2[nH]c(=O)ccc12. The van der Waals surface area contributed by atoms with Gasteiger partial charge in [0.25, 0.3) is 5.91 Å². The van der Waals surface area contributed by atoms with E-state index >= 15 is 0 Å². The van der Waals surface area contributed by atoms with E-state index in [4.69, 9.17) is 25.8 Å². The number of nitrogens with one attached hydrogen (secondary N) is 4. The maximum atomic E-state index is 13.2. The molecular weight excluding hydrogens is 738 g/mol. The molecule has 0 spiro atoms. The normalized spacial score (nSPS) is 18.5. The quantitative estimate of drug-likeness (QED) is 0.0827. The number of pyridine rings is 1. The predicted octanol–water partition coefficient (Wildman–Crippen LogP) is 5.65. The van der Waals surface area contributed by atoms with Gasteiger partial charge in [-0.15, -0.1) is 0 Å². The number of nitrogens with zero attached hydrogens (tertiary/aromatic N) is 1. The van der Waals surface area contributed by atoms with Crippen LogP contribution in [0.15, 0.2) is 95.8 Å². The van der Waals surface area contributed by atoms with E-state index in [1.165, 1.54) is 19.2 Å². The van der Waals surface area contributed by atoms with Crippen LogP contribution in [0.5, 0.6) is 17.2 Å². The zero-order valence-corrected chi connectivity index (χ0v) is 31.6. The number of benzene rings is 4. The number of H-pyrrole nitrogens is 1. The van der Waals surface area contributed by atoms with E-state index in [2.05, 4.69) is 25.8 Å². The number of phenolic OH excluding ortho intramolecular Hbond substituents is 1. The highest BCUT2D eigenvalue weighted by Gasteiger charge is 2.37. The Balaban J connectivity index is 0.954. The molecule has 3 aliphatic rings. The second-order valence-electron chi connectivity index (χ2n) is 14.1. The van der Waals surface area contributed by atoms with E-state index < -0.39 is 24.1 Å². The van der Waals surface area contributed by atoms with Crippen molar-refractivity contribution in [2.45, 2.75) is 37.6 Å². The Kier molecular flexibility index (Phi) is 12.1. The highest BCUT2D eigenvalue weighted by molar-refractivity contribution is 6.33. The molecule has 2 amide bonds. The maximum Gasteiger partial charge on any atom is 0.408 e. The summed E-state index contributed by atoms with van der Waals surface area (Å²) in [5.41, 5.74) is 3.07. The van der Waals surface area contributed by atoms with Gasteiger partial charge in [-0.05, 0) is 78.9 Å². The van der Waals surface area contributed by atoms with E-state index in [1.807, 2.05) is 36.4 Å². The Morgan fingerprint density at radius 3 is 2.52 bits per heavy atom. The Bertz CT molecular complexity index is 2240. The fraction of sp³-hybridized carbons (Fsp3) is 0.310. The minimum absolute atomic E-state index is 0.0893. The van der Waals surface area contributed by atoms with Crippen molar-refractivity contribution in [2.24, 2.45) is 5.92 Å². The third-order valence-electron chi connectivity index (χ3n) is 10.4. The minimum Gasteiger partial charge on any atom is -0.506 e. The molecule has 0 aliphatic carbocycles. The van der Waals surface area contributed by atoms with Crippen LogP contribution < -0.4 is 31.0 Å². The Labute approximate surface area is 328 Å². The van der Waals surface area contributed by atoms with Crippen LogP contribution in [0, 0.1) is 5.92 Å². The number of hydrogen-bond acceptors (Lipinski definition) is 10. The number of aliphatic hydroxyl groups is 1. The molecule has 3 saturated heterocycles. The molecule has 3 aliphatic heterocycles. The molecule has 6 N–H and O–H groups in total. The number of halogens is 1. The van der Waals surface area contributed by atoms with Crippen LogP contribution in [0.4, 0.5) is 10.5 Å². The first-order chi connectivity index (χ1) is 27.1. The van der Waals surface area contributed by atoms with E-state index in [0.717, 1.165) is 43.6 Å². The van der Waals surface area contributed by atoms with Gasteiger partial charge in [0.15, 0.2) is 6.61 Å². The molecule has 56 heavy (non-hydrogen) atoms. The van der Waals surface area contributed by atoms with Gasteiger partial charge in [-0.25, -0.2) is 4.79 Å². The lowest BCUT2D eigenvalue weighted by atomic mass is 9.86. The number of aromatic nitrogens is 1. The monoisotopic (exact) mass is 781 g/mol. The number of aromatic amines is 1. The van der Waals surface area contributed by atoms with E-state index in [0.29, 0.717) is 39.6 Å². The number of methoxy groups -OCH3 is 1. The summed E-state index contributed by atoms with van der Waals surface area (Å²) < 4.78 is 17.4. The first-order valence-electron chi connectivity index (χ1n) is 18.5. The zero-order valence-electron chi connectivity index (χ0n) is 30.8. The molecule has 1 aromatic heterocycles. The van der Waals surface area contributed by atoms with Crippen molar-refractivity contribution >= 4 is 40.2 Å². The summed E-state index contributed by atoms with van der Waals surface area (Å²) in [6, 6.07) is 25.5. The van der Waals surface area contributed by atoms with Crippen molar-refractivity contribution in [3.8, 4) is 17.2 Å². The molecule has 4 heterocycles. The zero-order chi connectivity index (χ0) is 39.2. The van der Waals surface area contributed by atoms with Gasteiger partial charge in [-0.2, -0.15) is 0 Å². The molecular formula is C42H44ClN5O8. The lowest BCUT2D eigenvalue weighted by Crippen LogP contribution is -2.52. The fourth-order valence-corrected chi connectivity index (χ4v) is 7.71. The molecule has 8 rings (SSSR count). The van der Waals surface area contributed by atoms with E-state index in [9.17, 15) is 24.6 Å². The number of phenols is 1. The number of carbonyl (C=O) groups excluding carboxylic acids is 2. The van der Waals surface area contributed by atoms with Crippen LogP contribution in [0.1, 0.15) is 47.2 Å².